The minimum absolute atomic E-state index is 0.0537. The molecule has 2 aromatic rings. The predicted molar refractivity (Wildman–Crippen MR) is 75.7 cm³/mol. The van der Waals surface area contributed by atoms with Gasteiger partial charge in [0.2, 0.25) is 0 Å². The second-order valence-electron chi connectivity index (χ2n) is 4.57. The lowest BCUT2D eigenvalue weighted by Gasteiger charge is -2.12. The molecular formula is C16H17NO. The molecule has 0 saturated heterocycles. The van der Waals surface area contributed by atoms with Crippen LogP contribution < -0.4 is 0 Å². The Balaban J connectivity index is 2.49. The fourth-order valence-corrected chi connectivity index (χ4v) is 1.84. The van der Waals surface area contributed by atoms with Gasteiger partial charge in [-0.25, -0.2) is 0 Å². The number of allylic oxidation sites excluding steroid dienone is 2. The van der Waals surface area contributed by atoms with Crippen LogP contribution in [-0.2, 0) is 0 Å². The van der Waals surface area contributed by atoms with E-state index in [1.165, 1.54) is 0 Å². The van der Waals surface area contributed by atoms with E-state index in [-0.39, 0.29) is 5.78 Å². The van der Waals surface area contributed by atoms with Crippen LogP contribution >= 0.6 is 0 Å². The first-order chi connectivity index (χ1) is 8.59. The number of fused-ring (bicyclic) bond motifs is 1. The van der Waals surface area contributed by atoms with Gasteiger partial charge in [0, 0.05) is 31.4 Å². The van der Waals surface area contributed by atoms with E-state index in [4.69, 9.17) is 0 Å². The van der Waals surface area contributed by atoms with Gasteiger partial charge in [0.1, 0.15) is 0 Å². The highest BCUT2D eigenvalue weighted by Gasteiger charge is 2.07. The fraction of sp³-hybridized carbons (Fsp3) is 0.188. The highest BCUT2D eigenvalue weighted by Crippen LogP contribution is 2.19. The summed E-state index contributed by atoms with van der Waals surface area (Å²) in [4.78, 5) is 14.2. The van der Waals surface area contributed by atoms with Gasteiger partial charge in [0.25, 0.3) is 0 Å². The summed E-state index contributed by atoms with van der Waals surface area (Å²) in [6.07, 6.45) is 1.68. The Morgan fingerprint density at radius 3 is 2.44 bits per heavy atom. The minimum atomic E-state index is 0.0537. The van der Waals surface area contributed by atoms with Crippen LogP contribution in [0.2, 0.25) is 0 Å². The van der Waals surface area contributed by atoms with Gasteiger partial charge in [-0.15, -0.1) is 0 Å². The van der Waals surface area contributed by atoms with Crippen LogP contribution in [0, 0.1) is 0 Å². The van der Waals surface area contributed by atoms with E-state index >= 15 is 0 Å². The van der Waals surface area contributed by atoms with Gasteiger partial charge in [0.05, 0.1) is 0 Å². The van der Waals surface area contributed by atoms with Crippen molar-refractivity contribution in [1.82, 2.24) is 4.90 Å². The van der Waals surface area contributed by atoms with Gasteiger partial charge in [0.15, 0.2) is 5.78 Å². The normalized spacial score (nSPS) is 11.6. The first kappa shape index (κ1) is 12.4. The molecule has 0 saturated carbocycles. The molecule has 0 aliphatic rings. The summed E-state index contributed by atoms with van der Waals surface area (Å²) in [5, 5.41) is 2.10. The van der Waals surface area contributed by atoms with Gasteiger partial charge in [-0.3, -0.25) is 4.79 Å². The molecule has 2 heteroatoms. The number of benzene rings is 2. The summed E-state index contributed by atoms with van der Waals surface area (Å²) in [5.74, 6) is 0.0537. The maximum atomic E-state index is 12.3. The second-order valence-corrected chi connectivity index (χ2v) is 4.57. The summed E-state index contributed by atoms with van der Waals surface area (Å²) >= 11 is 0. The summed E-state index contributed by atoms with van der Waals surface area (Å²) < 4.78 is 0. The van der Waals surface area contributed by atoms with E-state index in [0.29, 0.717) is 0 Å². The van der Waals surface area contributed by atoms with Crippen molar-refractivity contribution in [2.75, 3.05) is 14.1 Å². The van der Waals surface area contributed by atoms with Crippen LogP contribution in [0.1, 0.15) is 17.3 Å². The third kappa shape index (κ3) is 2.43. The zero-order valence-corrected chi connectivity index (χ0v) is 11.0. The Kier molecular flexibility index (Phi) is 3.47. The van der Waals surface area contributed by atoms with Crippen molar-refractivity contribution in [3.05, 3.63) is 59.8 Å². The molecule has 0 atom stereocenters. The topological polar surface area (TPSA) is 20.3 Å². The van der Waals surface area contributed by atoms with Gasteiger partial charge >= 0.3 is 0 Å². The van der Waals surface area contributed by atoms with Crippen molar-refractivity contribution in [2.24, 2.45) is 0 Å². The van der Waals surface area contributed by atoms with Crippen LogP contribution in [0.4, 0.5) is 0 Å². The molecule has 0 aliphatic heterocycles. The Bertz CT molecular complexity index is 606. The Morgan fingerprint density at radius 1 is 1.06 bits per heavy atom. The summed E-state index contributed by atoms with van der Waals surface area (Å²) in [5.41, 5.74) is 1.71. The molecule has 92 valence electrons. The quantitative estimate of drug-likeness (QED) is 0.603. The second kappa shape index (κ2) is 5.05. The van der Waals surface area contributed by atoms with Crippen molar-refractivity contribution in [3.8, 4) is 0 Å². The average molecular weight is 239 g/mol. The number of hydrogen-bond donors (Lipinski definition) is 0. The molecule has 0 aromatic heterocycles. The number of rotatable bonds is 3. The average Bonchev–Trinajstić information content (AvgIpc) is 2.37. The van der Waals surface area contributed by atoms with E-state index in [2.05, 4.69) is 0 Å². The molecule has 0 amide bonds. The number of ketones is 1. The highest BCUT2D eigenvalue weighted by atomic mass is 16.1. The molecule has 0 N–H and O–H groups in total. The molecule has 0 heterocycles. The molecule has 2 aromatic carbocycles. The van der Waals surface area contributed by atoms with E-state index in [1.54, 1.807) is 6.08 Å². The highest BCUT2D eigenvalue weighted by molar-refractivity contribution is 6.13. The van der Waals surface area contributed by atoms with Gasteiger partial charge in [-0.05, 0) is 17.7 Å². The Hall–Kier alpha value is -2.09. The Morgan fingerprint density at radius 2 is 1.72 bits per heavy atom. The summed E-state index contributed by atoms with van der Waals surface area (Å²) in [6.45, 7) is 1.93. The van der Waals surface area contributed by atoms with E-state index in [9.17, 15) is 4.79 Å². The zero-order chi connectivity index (χ0) is 13.1. The van der Waals surface area contributed by atoms with Gasteiger partial charge in [-0.1, -0.05) is 42.5 Å². The first-order valence-electron chi connectivity index (χ1n) is 5.97. The van der Waals surface area contributed by atoms with Crippen molar-refractivity contribution < 1.29 is 4.79 Å². The predicted octanol–water partition coefficient (Wildman–Crippen LogP) is 3.49. The third-order valence-electron chi connectivity index (χ3n) is 3.10. The van der Waals surface area contributed by atoms with Crippen LogP contribution in [0.15, 0.2) is 54.2 Å². The number of carbonyl (C=O) groups is 1. The monoisotopic (exact) mass is 239 g/mol. The van der Waals surface area contributed by atoms with Crippen molar-refractivity contribution in [2.45, 2.75) is 6.92 Å². The SMILES string of the molecule is C/C(=C\C(=O)c1cccc2ccccc12)N(C)C. The molecule has 0 aliphatic carbocycles. The molecule has 0 unspecified atom stereocenters. The maximum absolute atomic E-state index is 12.3. The fourth-order valence-electron chi connectivity index (χ4n) is 1.84. The van der Waals surface area contributed by atoms with Crippen molar-refractivity contribution in [3.63, 3.8) is 0 Å². The van der Waals surface area contributed by atoms with Crippen molar-refractivity contribution in [1.29, 1.82) is 0 Å². The standard InChI is InChI=1S/C16H17NO/c1-12(17(2)3)11-16(18)15-10-6-8-13-7-4-5-9-14(13)15/h4-11H,1-3H3/b12-11+. The Labute approximate surface area is 108 Å². The molecule has 0 fully saturated rings. The molecule has 0 radical (unpaired) electrons. The van der Waals surface area contributed by atoms with Gasteiger partial charge < -0.3 is 4.90 Å². The van der Waals surface area contributed by atoms with E-state index < -0.39 is 0 Å². The summed E-state index contributed by atoms with van der Waals surface area (Å²) in [6, 6.07) is 13.8. The van der Waals surface area contributed by atoms with Crippen LogP contribution in [0.5, 0.6) is 0 Å². The largest absolute Gasteiger partial charge is 0.381 e. The molecule has 2 nitrogen and oxygen atoms in total. The molecule has 2 rings (SSSR count). The lowest BCUT2D eigenvalue weighted by molar-refractivity contribution is 0.104. The molecule has 0 bridgehead atoms. The number of nitrogens with zero attached hydrogens (tertiary/aromatic N) is 1. The lowest BCUT2D eigenvalue weighted by atomic mass is 10.0. The van der Waals surface area contributed by atoms with E-state index in [0.717, 1.165) is 22.0 Å². The molecular weight excluding hydrogens is 222 g/mol. The molecule has 0 spiro atoms. The molecule has 18 heavy (non-hydrogen) atoms. The maximum Gasteiger partial charge on any atom is 0.188 e. The smallest absolute Gasteiger partial charge is 0.188 e. The van der Waals surface area contributed by atoms with Crippen LogP contribution in [-0.4, -0.2) is 24.8 Å². The van der Waals surface area contributed by atoms with Crippen molar-refractivity contribution >= 4 is 16.6 Å². The zero-order valence-electron chi connectivity index (χ0n) is 11.0. The van der Waals surface area contributed by atoms with Crippen LogP contribution in [0.3, 0.4) is 0 Å². The first-order valence-corrected chi connectivity index (χ1v) is 5.97. The summed E-state index contributed by atoms with van der Waals surface area (Å²) in [7, 11) is 3.87. The number of carbonyl (C=O) groups excluding carboxylic acids is 1. The number of hydrogen-bond acceptors (Lipinski definition) is 2. The van der Waals surface area contributed by atoms with Gasteiger partial charge in [-0.2, -0.15) is 0 Å². The minimum Gasteiger partial charge on any atom is -0.381 e. The van der Waals surface area contributed by atoms with Crippen LogP contribution in [0.25, 0.3) is 10.8 Å². The lowest BCUT2D eigenvalue weighted by Crippen LogP contribution is -2.10. The third-order valence-corrected chi connectivity index (χ3v) is 3.10. The van der Waals surface area contributed by atoms with E-state index in [1.807, 2.05) is 68.4 Å².